The quantitative estimate of drug-likeness (QED) is 0.341. The molecule has 0 unspecified atom stereocenters. The summed E-state index contributed by atoms with van der Waals surface area (Å²) in [4.78, 5) is 28.1. The van der Waals surface area contributed by atoms with Crippen molar-refractivity contribution >= 4 is 27.5 Å². The van der Waals surface area contributed by atoms with Gasteiger partial charge in [0.05, 0.1) is 23.3 Å². The van der Waals surface area contributed by atoms with E-state index in [1.54, 1.807) is 51.1 Å². The van der Waals surface area contributed by atoms with Gasteiger partial charge in [-0.05, 0) is 75.7 Å². The van der Waals surface area contributed by atoms with Crippen LogP contribution in [0.25, 0.3) is 0 Å². The topological polar surface area (TPSA) is 96.0 Å². The van der Waals surface area contributed by atoms with Gasteiger partial charge in [0, 0.05) is 12.1 Å². The van der Waals surface area contributed by atoms with E-state index in [1.165, 1.54) is 49.3 Å². The molecule has 0 fully saturated rings. The zero-order chi connectivity index (χ0) is 31.3. The minimum Gasteiger partial charge on any atom is -0.497 e. The molecular weight excluding hydrogens is 571 g/mol. The van der Waals surface area contributed by atoms with Crippen LogP contribution in [0.3, 0.4) is 0 Å². The largest absolute Gasteiger partial charge is 0.497 e. The van der Waals surface area contributed by atoms with Crippen LogP contribution in [0.2, 0.25) is 0 Å². The molecule has 0 saturated carbocycles. The van der Waals surface area contributed by atoms with Gasteiger partial charge in [0.25, 0.3) is 10.0 Å². The van der Waals surface area contributed by atoms with Crippen molar-refractivity contribution in [3.63, 3.8) is 0 Å². The van der Waals surface area contributed by atoms with Gasteiger partial charge in [-0.3, -0.25) is 13.9 Å². The molecule has 1 atom stereocenters. The van der Waals surface area contributed by atoms with Crippen LogP contribution in [-0.4, -0.2) is 50.4 Å². The van der Waals surface area contributed by atoms with Crippen molar-refractivity contribution in [1.82, 2.24) is 10.2 Å². The molecule has 8 nitrogen and oxygen atoms in total. The number of amides is 2. The van der Waals surface area contributed by atoms with Gasteiger partial charge in [0.2, 0.25) is 11.8 Å². The van der Waals surface area contributed by atoms with Crippen LogP contribution in [0.1, 0.15) is 38.8 Å². The second-order valence-electron chi connectivity index (χ2n) is 10.7. The fraction of sp³-hybridized carbons (Fsp3) is 0.333. The Morgan fingerprint density at radius 2 is 1.57 bits per heavy atom. The van der Waals surface area contributed by atoms with Gasteiger partial charge in [-0.2, -0.15) is 13.2 Å². The Morgan fingerprint density at radius 3 is 2.17 bits per heavy atom. The Bertz CT molecular complexity index is 1510. The number of ether oxygens (including phenoxy) is 1. The lowest BCUT2D eigenvalue weighted by atomic mass is 10.1. The fourth-order valence-corrected chi connectivity index (χ4v) is 5.54. The molecule has 3 aromatic carbocycles. The smallest absolute Gasteiger partial charge is 0.416 e. The highest BCUT2D eigenvalue weighted by molar-refractivity contribution is 7.92. The number of methoxy groups -OCH3 is 1. The van der Waals surface area contributed by atoms with E-state index < -0.39 is 51.7 Å². The third-order valence-electron chi connectivity index (χ3n) is 6.22. The third-order valence-corrected chi connectivity index (χ3v) is 8.01. The minimum absolute atomic E-state index is 0.101. The number of benzene rings is 3. The molecule has 0 spiro atoms. The molecule has 0 aliphatic carbocycles. The zero-order valence-corrected chi connectivity index (χ0v) is 24.8. The average molecular weight is 606 g/mol. The van der Waals surface area contributed by atoms with Gasteiger partial charge < -0.3 is 15.0 Å². The van der Waals surface area contributed by atoms with E-state index in [-0.39, 0.29) is 17.1 Å². The molecule has 3 rings (SSSR count). The molecular formula is C30H34F3N3O5S. The first kappa shape index (κ1) is 32.5. The predicted molar refractivity (Wildman–Crippen MR) is 153 cm³/mol. The van der Waals surface area contributed by atoms with E-state index >= 15 is 0 Å². The average Bonchev–Trinajstić information content (AvgIpc) is 2.93. The molecule has 0 aliphatic rings. The summed E-state index contributed by atoms with van der Waals surface area (Å²) in [7, 11) is -3.03. The summed E-state index contributed by atoms with van der Waals surface area (Å²) in [5.74, 6) is -0.787. The Hall–Kier alpha value is -4.06. The van der Waals surface area contributed by atoms with Gasteiger partial charge >= 0.3 is 6.18 Å². The Kier molecular flexibility index (Phi) is 9.93. The number of carbonyl (C=O) groups is 2. The Balaban J connectivity index is 2.09. The lowest BCUT2D eigenvalue weighted by Crippen LogP contribution is -2.54. The van der Waals surface area contributed by atoms with Gasteiger partial charge in [-0.15, -0.1) is 0 Å². The molecule has 2 amide bonds. The van der Waals surface area contributed by atoms with Crippen LogP contribution in [0, 0.1) is 0 Å². The molecule has 0 aliphatic heterocycles. The monoisotopic (exact) mass is 605 g/mol. The minimum atomic E-state index is -4.75. The second kappa shape index (κ2) is 12.8. The number of hydrogen-bond acceptors (Lipinski definition) is 5. The highest BCUT2D eigenvalue weighted by Gasteiger charge is 2.35. The number of halogens is 3. The first-order valence-electron chi connectivity index (χ1n) is 13.0. The number of hydrogen-bond donors (Lipinski definition) is 1. The van der Waals surface area contributed by atoms with E-state index in [9.17, 15) is 31.2 Å². The maximum atomic E-state index is 13.9. The molecule has 226 valence electrons. The molecule has 0 radical (unpaired) electrons. The maximum absolute atomic E-state index is 13.9. The van der Waals surface area contributed by atoms with Crippen molar-refractivity contribution < 1.29 is 35.9 Å². The van der Waals surface area contributed by atoms with Crippen molar-refractivity contribution in [2.45, 2.75) is 56.9 Å². The summed E-state index contributed by atoms with van der Waals surface area (Å²) < 4.78 is 74.2. The van der Waals surface area contributed by atoms with Crippen LogP contribution in [0.15, 0.2) is 83.8 Å². The summed E-state index contributed by atoms with van der Waals surface area (Å²) in [5, 5.41) is 2.81. The van der Waals surface area contributed by atoms with Gasteiger partial charge in [0.15, 0.2) is 0 Å². The highest BCUT2D eigenvalue weighted by atomic mass is 32.2. The fourth-order valence-electron chi connectivity index (χ4n) is 4.11. The zero-order valence-electron chi connectivity index (χ0n) is 24.0. The number of rotatable bonds is 10. The lowest BCUT2D eigenvalue weighted by molar-refractivity contribution is -0.140. The number of anilines is 1. The van der Waals surface area contributed by atoms with Crippen molar-refractivity contribution in [1.29, 1.82) is 0 Å². The third kappa shape index (κ3) is 8.25. The maximum Gasteiger partial charge on any atom is 0.416 e. The number of carbonyl (C=O) groups excluding carboxylic acids is 2. The molecule has 0 bridgehead atoms. The predicted octanol–water partition coefficient (Wildman–Crippen LogP) is 5.24. The van der Waals surface area contributed by atoms with Crippen LogP contribution in [0.5, 0.6) is 5.75 Å². The first-order valence-corrected chi connectivity index (χ1v) is 14.5. The van der Waals surface area contributed by atoms with Crippen molar-refractivity contribution in [3.05, 3.63) is 90.0 Å². The SMILES string of the molecule is COc1cccc(CN(C(=O)CN(c2cccc(C(F)(F)F)c2)S(=O)(=O)c2ccccc2)[C@@H](C)C(=O)NC(C)(C)C)c1. The highest BCUT2D eigenvalue weighted by Crippen LogP contribution is 2.33. The summed E-state index contributed by atoms with van der Waals surface area (Å²) in [5.41, 5.74) is -1.46. The Labute approximate surface area is 244 Å². The van der Waals surface area contributed by atoms with Crippen molar-refractivity contribution in [2.75, 3.05) is 18.0 Å². The van der Waals surface area contributed by atoms with E-state index in [0.717, 1.165) is 12.1 Å². The van der Waals surface area contributed by atoms with Crippen LogP contribution in [-0.2, 0) is 32.3 Å². The summed E-state index contributed by atoms with van der Waals surface area (Å²) in [6.45, 7) is 5.85. The molecule has 0 heterocycles. The Morgan fingerprint density at radius 1 is 0.929 bits per heavy atom. The summed E-state index contributed by atoms with van der Waals surface area (Å²) in [6, 6.07) is 16.6. The normalized spacial score (nSPS) is 12.8. The molecule has 12 heteroatoms. The van der Waals surface area contributed by atoms with E-state index in [2.05, 4.69) is 5.32 Å². The lowest BCUT2D eigenvalue weighted by Gasteiger charge is -2.33. The second-order valence-corrected chi connectivity index (χ2v) is 12.5. The van der Waals surface area contributed by atoms with Crippen LogP contribution < -0.4 is 14.4 Å². The number of alkyl halides is 3. The molecule has 0 aromatic heterocycles. The molecule has 3 aromatic rings. The van der Waals surface area contributed by atoms with E-state index in [1.807, 2.05) is 0 Å². The summed E-state index contributed by atoms with van der Waals surface area (Å²) >= 11 is 0. The first-order chi connectivity index (χ1) is 19.5. The number of sulfonamides is 1. The standard InChI is InChI=1S/C30H34F3N3O5S/c1-21(28(38)34-29(2,3)4)35(19-22-11-9-14-25(17-22)41-5)27(37)20-36(42(39,40)26-15-7-6-8-16-26)24-13-10-12-23(18-24)30(31,32)33/h6-18,21H,19-20H2,1-5H3,(H,34,38)/t21-/m0/s1. The van der Waals surface area contributed by atoms with Crippen LogP contribution in [0.4, 0.5) is 18.9 Å². The molecule has 1 N–H and O–H groups in total. The number of nitrogens with zero attached hydrogens (tertiary/aromatic N) is 2. The molecule has 42 heavy (non-hydrogen) atoms. The number of nitrogens with one attached hydrogen (secondary N) is 1. The van der Waals surface area contributed by atoms with Gasteiger partial charge in [-0.25, -0.2) is 8.42 Å². The molecule has 0 saturated heterocycles. The summed E-state index contributed by atoms with van der Waals surface area (Å²) in [6.07, 6.45) is -4.75. The van der Waals surface area contributed by atoms with E-state index in [4.69, 9.17) is 4.74 Å². The van der Waals surface area contributed by atoms with E-state index in [0.29, 0.717) is 21.7 Å². The van der Waals surface area contributed by atoms with Crippen molar-refractivity contribution in [2.24, 2.45) is 0 Å². The van der Waals surface area contributed by atoms with Crippen LogP contribution >= 0.6 is 0 Å². The van der Waals surface area contributed by atoms with Crippen molar-refractivity contribution in [3.8, 4) is 5.75 Å². The van der Waals surface area contributed by atoms with Gasteiger partial charge in [0.1, 0.15) is 18.3 Å². The van der Waals surface area contributed by atoms with Gasteiger partial charge in [-0.1, -0.05) is 36.4 Å².